The van der Waals surface area contributed by atoms with Gasteiger partial charge < -0.3 is 16.2 Å². The molecule has 2 heterocycles. The van der Waals surface area contributed by atoms with Crippen molar-refractivity contribution in [2.24, 2.45) is 0 Å². The Morgan fingerprint density at radius 1 is 1.32 bits per heavy atom. The van der Waals surface area contributed by atoms with E-state index in [1.165, 1.54) is 30.5 Å². The summed E-state index contributed by atoms with van der Waals surface area (Å²) in [6, 6.07) is 9.81. The average molecular weight is 463 g/mol. The van der Waals surface area contributed by atoms with Gasteiger partial charge in [-0.05, 0) is 42.7 Å². The smallest absolute Gasteiger partial charge is 0.257 e. The van der Waals surface area contributed by atoms with E-state index < -0.39 is 30.5 Å². The predicted octanol–water partition coefficient (Wildman–Crippen LogP) is 4.40. The molecule has 0 fully saturated rings. The number of nitrogen functional groups attached to an aromatic ring is 1. The Kier molecular flexibility index (Phi) is 4.59. The van der Waals surface area contributed by atoms with Crippen molar-refractivity contribution < 1.29 is 18.4 Å². The number of aromatic nitrogens is 3. The van der Waals surface area contributed by atoms with Crippen LogP contribution in [-0.2, 0) is 4.79 Å². The number of hydrogen-bond donors (Lipinski definition) is 3. The van der Waals surface area contributed by atoms with Gasteiger partial charge in [-0.2, -0.15) is 0 Å². The SMILES string of the molecule is [2H]C([2H])([2H])c1nc(-c2ccc(NC(=O)[C@@H](O)c3cccc(Cl)c3)cc2F)c2c(N)ncc(Cl)n12. The van der Waals surface area contributed by atoms with Crippen LogP contribution in [0.2, 0.25) is 10.2 Å². The van der Waals surface area contributed by atoms with E-state index >= 15 is 4.39 Å². The molecule has 0 spiro atoms. The lowest BCUT2D eigenvalue weighted by Crippen LogP contribution is -2.20. The van der Waals surface area contributed by atoms with E-state index in [0.717, 1.165) is 10.5 Å². The van der Waals surface area contributed by atoms with Crippen LogP contribution in [0.1, 0.15) is 21.6 Å². The second-order valence-electron chi connectivity index (χ2n) is 6.58. The number of carbonyl (C=O) groups excluding carboxylic acids is 1. The summed E-state index contributed by atoms with van der Waals surface area (Å²) in [4.78, 5) is 20.4. The van der Waals surface area contributed by atoms with Gasteiger partial charge in [-0.3, -0.25) is 9.20 Å². The number of fused-ring (bicyclic) bond motifs is 1. The first-order chi connectivity index (χ1) is 16.0. The highest BCUT2D eigenvalue weighted by Gasteiger charge is 2.21. The van der Waals surface area contributed by atoms with E-state index in [9.17, 15) is 9.90 Å². The van der Waals surface area contributed by atoms with E-state index in [4.69, 9.17) is 33.0 Å². The Bertz CT molecular complexity index is 1430. The summed E-state index contributed by atoms with van der Waals surface area (Å²) < 4.78 is 39.4. The topological polar surface area (TPSA) is 106 Å². The van der Waals surface area contributed by atoms with Crippen LogP contribution in [0.15, 0.2) is 48.7 Å². The molecule has 0 aliphatic heterocycles. The van der Waals surface area contributed by atoms with Gasteiger partial charge >= 0.3 is 0 Å². The van der Waals surface area contributed by atoms with E-state index in [0.29, 0.717) is 5.02 Å². The third-order valence-corrected chi connectivity index (χ3v) is 5.05. The minimum absolute atomic E-state index is 0.0330. The Labute approximate surface area is 190 Å². The summed E-state index contributed by atoms with van der Waals surface area (Å²) in [5, 5.41) is 13.0. The highest BCUT2D eigenvalue weighted by atomic mass is 35.5. The van der Waals surface area contributed by atoms with Crippen LogP contribution in [0.5, 0.6) is 0 Å². The summed E-state index contributed by atoms with van der Waals surface area (Å²) in [5.74, 6) is -2.12. The molecule has 7 nitrogen and oxygen atoms in total. The minimum atomic E-state index is -2.67. The van der Waals surface area contributed by atoms with E-state index in [1.54, 1.807) is 12.1 Å². The lowest BCUT2D eigenvalue weighted by Gasteiger charge is -2.13. The molecule has 1 amide bonds. The molecule has 0 saturated carbocycles. The Morgan fingerprint density at radius 3 is 2.84 bits per heavy atom. The highest BCUT2D eigenvalue weighted by Crippen LogP contribution is 2.33. The Balaban J connectivity index is 1.71. The first-order valence-electron chi connectivity index (χ1n) is 10.3. The molecule has 158 valence electrons. The predicted molar refractivity (Wildman–Crippen MR) is 118 cm³/mol. The number of rotatable bonds is 4. The summed E-state index contributed by atoms with van der Waals surface area (Å²) in [5.41, 5.74) is 6.12. The number of amides is 1. The van der Waals surface area contributed by atoms with Crippen LogP contribution in [0, 0.1) is 12.7 Å². The number of nitrogens with one attached hydrogen (secondary N) is 1. The number of anilines is 2. The summed E-state index contributed by atoms with van der Waals surface area (Å²) in [7, 11) is 0. The van der Waals surface area contributed by atoms with Crippen molar-refractivity contribution in [1.82, 2.24) is 14.4 Å². The quantitative estimate of drug-likeness (QED) is 0.416. The fourth-order valence-electron chi connectivity index (χ4n) is 3.12. The van der Waals surface area contributed by atoms with Crippen LogP contribution >= 0.6 is 23.2 Å². The van der Waals surface area contributed by atoms with Gasteiger partial charge in [0.2, 0.25) is 0 Å². The van der Waals surface area contributed by atoms with Crippen molar-refractivity contribution >= 4 is 46.1 Å². The number of aliphatic hydroxyl groups is 1. The van der Waals surface area contributed by atoms with Gasteiger partial charge in [-0.25, -0.2) is 14.4 Å². The van der Waals surface area contributed by atoms with Crippen LogP contribution in [0.4, 0.5) is 15.9 Å². The lowest BCUT2D eigenvalue weighted by molar-refractivity contribution is -0.124. The fourth-order valence-corrected chi connectivity index (χ4v) is 3.53. The lowest BCUT2D eigenvalue weighted by atomic mass is 10.1. The second kappa shape index (κ2) is 8.14. The van der Waals surface area contributed by atoms with Crippen molar-refractivity contribution in [2.45, 2.75) is 13.0 Å². The van der Waals surface area contributed by atoms with Crippen LogP contribution < -0.4 is 11.1 Å². The zero-order chi connectivity index (χ0) is 24.8. The number of nitrogens with zero attached hydrogens (tertiary/aromatic N) is 3. The summed E-state index contributed by atoms with van der Waals surface area (Å²) in [6.07, 6.45) is -0.362. The van der Waals surface area contributed by atoms with E-state index in [2.05, 4.69) is 15.3 Å². The van der Waals surface area contributed by atoms with Gasteiger partial charge in [0.15, 0.2) is 6.10 Å². The first-order valence-corrected chi connectivity index (χ1v) is 9.60. The van der Waals surface area contributed by atoms with Crippen LogP contribution in [-0.4, -0.2) is 25.4 Å². The number of hydrogen-bond acceptors (Lipinski definition) is 5. The van der Waals surface area contributed by atoms with Gasteiger partial charge in [0.1, 0.15) is 33.8 Å². The molecule has 2 aromatic carbocycles. The molecule has 0 unspecified atom stereocenters. The molecule has 0 aliphatic rings. The monoisotopic (exact) mass is 462 g/mol. The van der Waals surface area contributed by atoms with Crippen molar-refractivity contribution in [2.75, 3.05) is 11.1 Å². The number of aliphatic hydroxyl groups excluding tert-OH is 1. The normalized spacial score (nSPS) is 14.0. The molecular weight excluding hydrogens is 444 g/mol. The second-order valence-corrected chi connectivity index (χ2v) is 7.40. The molecule has 0 aliphatic carbocycles. The molecule has 4 N–H and O–H groups in total. The van der Waals surface area contributed by atoms with Crippen molar-refractivity contribution in [3.05, 3.63) is 76.0 Å². The molecular formula is C21H16Cl2FN5O2. The van der Waals surface area contributed by atoms with Gasteiger partial charge in [0.25, 0.3) is 5.91 Å². The number of aryl methyl sites for hydroxylation is 1. The maximum atomic E-state index is 15.1. The molecule has 4 rings (SSSR count). The fraction of sp³-hybridized carbons (Fsp3) is 0.0952. The number of imidazole rings is 1. The molecule has 31 heavy (non-hydrogen) atoms. The maximum Gasteiger partial charge on any atom is 0.257 e. The minimum Gasteiger partial charge on any atom is -0.382 e. The third-order valence-electron chi connectivity index (χ3n) is 4.55. The van der Waals surface area contributed by atoms with E-state index in [1.807, 2.05) is 0 Å². The number of carbonyl (C=O) groups is 1. The average Bonchev–Trinajstić information content (AvgIpc) is 3.18. The van der Waals surface area contributed by atoms with Gasteiger partial charge in [-0.1, -0.05) is 35.3 Å². The third kappa shape index (κ3) is 3.93. The molecule has 4 aromatic rings. The van der Waals surface area contributed by atoms with Gasteiger partial charge in [-0.15, -0.1) is 0 Å². The van der Waals surface area contributed by atoms with Crippen molar-refractivity contribution in [3.8, 4) is 11.3 Å². The van der Waals surface area contributed by atoms with Crippen molar-refractivity contribution in [3.63, 3.8) is 0 Å². The number of nitrogens with two attached hydrogens (primary N) is 1. The largest absolute Gasteiger partial charge is 0.382 e. The van der Waals surface area contributed by atoms with E-state index in [-0.39, 0.29) is 39.0 Å². The first kappa shape index (κ1) is 17.5. The van der Waals surface area contributed by atoms with Crippen LogP contribution in [0.25, 0.3) is 16.8 Å². The zero-order valence-electron chi connectivity index (χ0n) is 18.6. The summed E-state index contributed by atoms with van der Waals surface area (Å²) in [6.45, 7) is -2.67. The molecule has 10 heteroatoms. The Hall–Kier alpha value is -3.20. The maximum absolute atomic E-state index is 15.1. The molecule has 2 aromatic heterocycles. The Morgan fingerprint density at radius 2 is 2.13 bits per heavy atom. The number of halogens is 3. The molecule has 0 bridgehead atoms. The zero-order valence-corrected chi connectivity index (χ0v) is 17.1. The molecule has 1 atom stereocenters. The van der Waals surface area contributed by atoms with Crippen LogP contribution in [0.3, 0.4) is 0 Å². The van der Waals surface area contributed by atoms with Crippen molar-refractivity contribution in [1.29, 1.82) is 0 Å². The molecule has 0 saturated heterocycles. The van der Waals surface area contributed by atoms with Gasteiger partial charge in [0.05, 0.1) is 6.20 Å². The van der Waals surface area contributed by atoms with Gasteiger partial charge in [0, 0.05) is 20.4 Å². The standard InChI is InChI=1S/C21H16Cl2FN5O2/c1-10-27-17(18-20(25)26-9-16(23)29(10)18)14-6-5-13(8-15(14)24)28-21(31)19(30)11-3-2-4-12(22)7-11/h2-9,19,30H,1H3,(H2,25,26)(H,28,31)/t19-/m0/s1/i1D3. The highest BCUT2D eigenvalue weighted by molar-refractivity contribution is 6.30. The molecule has 0 radical (unpaired) electrons. The summed E-state index contributed by atoms with van der Waals surface area (Å²) >= 11 is 12.0. The number of benzene rings is 2.